The lowest BCUT2D eigenvalue weighted by Crippen LogP contribution is -2.57. The Kier molecular flexibility index (Phi) is 4.50. The van der Waals surface area contributed by atoms with Crippen molar-refractivity contribution in [3.63, 3.8) is 0 Å². The summed E-state index contributed by atoms with van der Waals surface area (Å²) in [5.41, 5.74) is 2.03. The zero-order chi connectivity index (χ0) is 20.2. The van der Waals surface area contributed by atoms with E-state index < -0.39 is 0 Å². The first-order valence-corrected chi connectivity index (χ1v) is 11.4. The van der Waals surface area contributed by atoms with Gasteiger partial charge in [0.15, 0.2) is 0 Å². The Bertz CT molecular complexity index is 806. The number of rotatable bonds is 4. The topological polar surface area (TPSA) is 52.7 Å². The highest BCUT2D eigenvalue weighted by Crippen LogP contribution is 2.51. The second-order valence-electron chi connectivity index (χ2n) is 9.86. The predicted molar refractivity (Wildman–Crippen MR) is 112 cm³/mol. The smallest absolute Gasteiger partial charge is 0.233 e. The SMILES string of the molecule is CCCN1C[C@H]2C(=O)NC3(CCN(C(=O)C4(c5ccc(C)cc5)CC4)CC3)[C@H]2C1. The molecule has 0 bridgehead atoms. The number of benzene rings is 1. The fourth-order valence-electron chi connectivity index (χ4n) is 6.17. The summed E-state index contributed by atoms with van der Waals surface area (Å²) in [5, 5.41) is 3.38. The van der Waals surface area contributed by atoms with E-state index in [1.165, 1.54) is 11.1 Å². The van der Waals surface area contributed by atoms with Crippen LogP contribution < -0.4 is 5.32 Å². The number of carbonyl (C=O) groups is 2. The first-order valence-electron chi connectivity index (χ1n) is 11.4. The molecule has 3 aliphatic heterocycles. The van der Waals surface area contributed by atoms with E-state index >= 15 is 0 Å². The highest BCUT2D eigenvalue weighted by molar-refractivity contribution is 5.91. The Morgan fingerprint density at radius 3 is 2.41 bits per heavy atom. The molecule has 1 N–H and O–H groups in total. The number of aryl methyl sites for hydroxylation is 1. The summed E-state index contributed by atoms with van der Waals surface area (Å²) < 4.78 is 0. The van der Waals surface area contributed by atoms with Gasteiger partial charge in [0.1, 0.15) is 0 Å². The molecule has 4 aliphatic rings. The summed E-state index contributed by atoms with van der Waals surface area (Å²) >= 11 is 0. The van der Waals surface area contributed by atoms with Crippen LogP contribution in [0.4, 0.5) is 0 Å². The molecule has 1 aliphatic carbocycles. The van der Waals surface area contributed by atoms with Crippen LogP contribution >= 0.6 is 0 Å². The molecule has 2 atom stereocenters. The first-order chi connectivity index (χ1) is 14.0. The second-order valence-corrected chi connectivity index (χ2v) is 9.86. The molecule has 1 spiro atoms. The summed E-state index contributed by atoms with van der Waals surface area (Å²) in [6, 6.07) is 8.50. The van der Waals surface area contributed by atoms with E-state index in [1.54, 1.807) is 0 Å². The summed E-state index contributed by atoms with van der Waals surface area (Å²) in [7, 11) is 0. The lowest BCUT2D eigenvalue weighted by atomic mass is 9.75. The minimum Gasteiger partial charge on any atom is -0.350 e. The minimum atomic E-state index is -0.287. The molecule has 1 aromatic rings. The first kappa shape index (κ1) is 19.1. The molecule has 1 aromatic carbocycles. The van der Waals surface area contributed by atoms with Gasteiger partial charge in [0.2, 0.25) is 11.8 Å². The van der Waals surface area contributed by atoms with Gasteiger partial charge in [-0.05, 0) is 51.1 Å². The van der Waals surface area contributed by atoms with Crippen molar-refractivity contribution in [2.24, 2.45) is 11.8 Å². The maximum absolute atomic E-state index is 13.4. The van der Waals surface area contributed by atoms with E-state index in [9.17, 15) is 9.59 Å². The van der Waals surface area contributed by atoms with Crippen LogP contribution in [0.3, 0.4) is 0 Å². The van der Waals surface area contributed by atoms with Gasteiger partial charge in [-0.2, -0.15) is 0 Å². The molecule has 2 amide bonds. The third-order valence-electron chi connectivity index (χ3n) is 8.06. The summed E-state index contributed by atoms with van der Waals surface area (Å²) in [5.74, 6) is 1.10. The van der Waals surface area contributed by atoms with Crippen molar-refractivity contribution in [2.45, 2.75) is 56.9 Å². The molecule has 5 heteroatoms. The molecular weight excluding hydrogens is 362 g/mol. The number of fused-ring (bicyclic) bond motifs is 2. The Morgan fingerprint density at radius 1 is 1.10 bits per heavy atom. The molecule has 5 nitrogen and oxygen atoms in total. The van der Waals surface area contributed by atoms with Crippen molar-refractivity contribution in [3.8, 4) is 0 Å². The van der Waals surface area contributed by atoms with Crippen LogP contribution in [0.15, 0.2) is 24.3 Å². The van der Waals surface area contributed by atoms with Crippen molar-refractivity contribution >= 4 is 11.8 Å². The molecule has 0 aromatic heterocycles. The largest absolute Gasteiger partial charge is 0.350 e. The number of likely N-dealkylation sites (tertiary alicyclic amines) is 2. The molecule has 3 heterocycles. The van der Waals surface area contributed by atoms with Gasteiger partial charge in [-0.1, -0.05) is 36.8 Å². The molecule has 0 unspecified atom stereocenters. The number of nitrogens with one attached hydrogen (secondary N) is 1. The number of hydrogen-bond acceptors (Lipinski definition) is 3. The zero-order valence-electron chi connectivity index (χ0n) is 17.7. The Morgan fingerprint density at radius 2 is 1.79 bits per heavy atom. The summed E-state index contributed by atoms with van der Waals surface area (Å²) in [4.78, 5) is 30.6. The van der Waals surface area contributed by atoms with Gasteiger partial charge in [0.05, 0.1) is 11.3 Å². The quantitative estimate of drug-likeness (QED) is 0.852. The van der Waals surface area contributed by atoms with E-state index in [2.05, 4.69) is 53.2 Å². The molecule has 5 rings (SSSR count). The van der Waals surface area contributed by atoms with Crippen molar-refractivity contribution in [1.29, 1.82) is 0 Å². The monoisotopic (exact) mass is 395 g/mol. The maximum Gasteiger partial charge on any atom is 0.233 e. The summed E-state index contributed by atoms with van der Waals surface area (Å²) in [6.07, 6.45) is 4.86. The van der Waals surface area contributed by atoms with E-state index in [0.717, 1.165) is 64.8 Å². The van der Waals surface area contributed by atoms with Gasteiger partial charge in [-0.15, -0.1) is 0 Å². The van der Waals surface area contributed by atoms with Crippen LogP contribution in [0.1, 0.15) is 50.2 Å². The Hall–Kier alpha value is -1.88. The Labute approximate surface area is 173 Å². The van der Waals surface area contributed by atoms with Gasteiger partial charge in [-0.25, -0.2) is 0 Å². The molecular formula is C24H33N3O2. The van der Waals surface area contributed by atoms with Crippen LogP contribution in [0.2, 0.25) is 0 Å². The highest BCUT2D eigenvalue weighted by atomic mass is 16.2. The minimum absolute atomic E-state index is 0.0956. The number of piperidine rings is 1. The zero-order valence-corrected chi connectivity index (χ0v) is 17.7. The number of amides is 2. The van der Waals surface area contributed by atoms with Gasteiger partial charge in [0.25, 0.3) is 0 Å². The molecule has 1 saturated carbocycles. The van der Waals surface area contributed by atoms with Crippen LogP contribution in [-0.2, 0) is 15.0 Å². The fraction of sp³-hybridized carbons (Fsp3) is 0.667. The number of hydrogen-bond donors (Lipinski definition) is 1. The molecule has 3 saturated heterocycles. The average Bonchev–Trinajstić information content (AvgIpc) is 3.35. The van der Waals surface area contributed by atoms with Gasteiger partial charge < -0.3 is 15.1 Å². The van der Waals surface area contributed by atoms with E-state index in [4.69, 9.17) is 0 Å². The van der Waals surface area contributed by atoms with E-state index in [0.29, 0.717) is 11.8 Å². The predicted octanol–water partition coefficient (Wildman–Crippen LogP) is 2.48. The standard InChI is InChI=1S/C24H33N3O2/c1-3-12-26-15-19-20(16-26)24(25-21(19)28)10-13-27(14-11-24)22(29)23(8-9-23)18-6-4-17(2)5-7-18/h4-7,19-20H,3,8-16H2,1-2H3,(H,25,28)/t19-,20+/m1/s1. The van der Waals surface area contributed by atoms with Crippen LogP contribution in [0.25, 0.3) is 0 Å². The molecule has 29 heavy (non-hydrogen) atoms. The number of nitrogens with zero attached hydrogens (tertiary/aromatic N) is 2. The van der Waals surface area contributed by atoms with Crippen molar-refractivity contribution < 1.29 is 9.59 Å². The average molecular weight is 396 g/mol. The lowest BCUT2D eigenvalue weighted by Gasteiger charge is -2.43. The summed E-state index contributed by atoms with van der Waals surface area (Å²) in [6.45, 7) is 8.84. The van der Waals surface area contributed by atoms with Crippen molar-refractivity contribution in [2.75, 3.05) is 32.7 Å². The van der Waals surface area contributed by atoms with Crippen molar-refractivity contribution in [3.05, 3.63) is 35.4 Å². The van der Waals surface area contributed by atoms with Crippen molar-refractivity contribution in [1.82, 2.24) is 15.1 Å². The van der Waals surface area contributed by atoms with Gasteiger partial charge in [0, 0.05) is 37.6 Å². The van der Waals surface area contributed by atoms with E-state index in [-0.39, 0.29) is 22.8 Å². The number of carbonyl (C=O) groups excluding carboxylic acids is 2. The molecule has 156 valence electrons. The second kappa shape index (κ2) is 6.83. The van der Waals surface area contributed by atoms with Crippen LogP contribution in [0.5, 0.6) is 0 Å². The third-order valence-corrected chi connectivity index (χ3v) is 8.06. The Balaban J connectivity index is 1.28. The maximum atomic E-state index is 13.4. The highest BCUT2D eigenvalue weighted by Gasteiger charge is 2.59. The van der Waals surface area contributed by atoms with Crippen LogP contribution in [0, 0.1) is 18.8 Å². The normalized spacial score (nSPS) is 29.7. The fourth-order valence-corrected chi connectivity index (χ4v) is 6.17. The van der Waals surface area contributed by atoms with Gasteiger partial charge in [-0.3, -0.25) is 9.59 Å². The van der Waals surface area contributed by atoms with E-state index in [1.807, 2.05) is 0 Å². The van der Waals surface area contributed by atoms with Crippen LogP contribution in [-0.4, -0.2) is 59.9 Å². The molecule has 4 fully saturated rings. The third kappa shape index (κ3) is 3.00. The molecule has 0 radical (unpaired) electrons. The van der Waals surface area contributed by atoms with Gasteiger partial charge >= 0.3 is 0 Å². The lowest BCUT2D eigenvalue weighted by molar-refractivity contribution is -0.136.